The first-order chi connectivity index (χ1) is 12.0. The minimum atomic E-state index is -0.405. The first-order valence-electron chi connectivity index (χ1n) is 8.70. The Hall–Kier alpha value is -1.94. The molecule has 1 aromatic carbocycles. The molecule has 5 heteroatoms. The second kappa shape index (κ2) is 7.52. The van der Waals surface area contributed by atoms with Crippen LogP contribution < -0.4 is 5.32 Å². The molecule has 0 radical (unpaired) electrons. The Morgan fingerprint density at radius 2 is 1.96 bits per heavy atom. The minimum Gasteiger partial charge on any atom is -0.347 e. The van der Waals surface area contributed by atoms with Crippen LogP contribution in [0.4, 0.5) is 4.39 Å². The fourth-order valence-electron chi connectivity index (χ4n) is 3.75. The number of rotatable bonds is 4. The molecule has 1 N–H and O–H groups in total. The van der Waals surface area contributed by atoms with Crippen LogP contribution in [-0.4, -0.2) is 10.9 Å². The van der Waals surface area contributed by atoms with Crippen LogP contribution in [0.25, 0.3) is 0 Å². The van der Waals surface area contributed by atoms with E-state index < -0.39 is 5.54 Å². The molecule has 3 rings (SSSR count). The predicted molar refractivity (Wildman–Crippen MR) is 97.0 cm³/mol. The lowest BCUT2D eigenvalue weighted by atomic mass is 9.71. The van der Waals surface area contributed by atoms with Crippen molar-refractivity contribution < 1.29 is 9.18 Å². The summed E-state index contributed by atoms with van der Waals surface area (Å²) < 4.78 is 14.1. The van der Waals surface area contributed by atoms with Crippen molar-refractivity contribution in [1.82, 2.24) is 10.3 Å². The molecule has 1 saturated carbocycles. The van der Waals surface area contributed by atoms with E-state index in [0.717, 1.165) is 36.8 Å². The SMILES string of the molecule is CCC(=O)NC1(c2ccc(Cl)cc2)CCC(c2ccncc2F)CC1. The van der Waals surface area contributed by atoms with Crippen LogP contribution in [0.2, 0.25) is 5.02 Å². The van der Waals surface area contributed by atoms with E-state index in [-0.39, 0.29) is 17.6 Å². The average Bonchev–Trinajstić information content (AvgIpc) is 2.63. The number of carbonyl (C=O) groups is 1. The van der Waals surface area contributed by atoms with Gasteiger partial charge in [0.2, 0.25) is 5.91 Å². The van der Waals surface area contributed by atoms with Gasteiger partial charge in [0.25, 0.3) is 0 Å². The zero-order chi connectivity index (χ0) is 17.9. The molecule has 25 heavy (non-hydrogen) atoms. The monoisotopic (exact) mass is 360 g/mol. The van der Waals surface area contributed by atoms with Gasteiger partial charge in [0.05, 0.1) is 11.7 Å². The summed E-state index contributed by atoms with van der Waals surface area (Å²) >= 11 is 6.01. The van der Waals surface area contributed by atoms with Crippen LogP contribution >= 0.6 is 11.6 Å². The highest BCUT2D eigenvalue weighted by Gasteiger charge is 2.38. The Morgan fingerprint density at radius 3 is 2.56 bits per heavy atom. The Morgan fingerprint density at radius 1 is 1.28 bits per heavy atom. The van der Waals surface area contributed by atoms with E-state index in [2.05, 4.69) is 10.3 Å². The number of pyridine rings is 1. The maximum absolute atomic E-state index is 14.1. The summed E-state index contributed by atoms with van der Waals surface area (Å²) in [4.78, 5) is 16.0. The van der Waals surface area contributed by atoms with Gasteiger partial charge in [-0.3, -0.25) is 9.78 Å². The number of amides is 1. The number of carbonyl (C=O) groups excluding carboxylic acids is 1. The summed E-state index contributed by atoms with van der Waals surface area (Å²) in [6.07, 6.45) is 6.52. The molecule has 2 aromatic rings. The highest BCUT2D eigenvalue weighted by Crippen LogP contribution is 2.44. The number of hydrogen-bond acceptors (Lipinski definition) is 2. The molecule has 0 spiro atoms. The Balaban J connectivity index is 1.84. The standard InChI is InChI=1S/C20H22ClFN2O/c1-2-19(25)24-20(15-3-5-16(21)6-4-15)10-7-14(8-11-20)17-9-12-23-13-18(17)22/h3-6,9,12-14H,2,7-8,10-11H2,1H3,(H,24,25). The van der Waals surface area contributed by atoms with Crippen LogP contribution in [0.15, 0.2) is 42.7 Å². The van der Waals surface area contributed by atoms with Crippen molar-refractivity contribution in [3.8, 4) is 0 Å². The topological polar surface area (TPSA) is 42.0 Å². The van der Waals surface area contributed by atoms with Crippen molar-refractivity contribution in [3.05, 3.63) is 64.7 Å². The van der Waals surface area contributed by atoms with Gasteiger partial charge in [-0.05, 0) is 60.9 Å². The molecule has 0 atom stereocenters. The van der Waals surface area contributed by atoms with Gasteiger partial charge in [0.15, 0.2) is 0 Å². The first-order valence-corrected chi connectivity index (χ1v) is 9.08. The van der Waals surface area contributed by atoms with Crippen LogP contribution in [0.5, 0.6) is 0 Å². The highest BCUT2D eigenvalue weighted by atomic mass is 35.5. The molecule has 0 aliphatic heterocycles. The van der Waals surface area contributed by atoms with Crippen LogP contribution in [0.1, 0.15) is 56.1 Å². The zero-order valence-electron chi connectivity index (χ0n) is 14.3. The molecule has 1 aliphatic carbocycles. The summed E-state index contributed by atoms with van der Waals surface area (Å²) in [6, 6.07) is 9.42. The van der Waals surface area contributed by atoms with Gasteiger partial charge in [-0.25, -0.2) is 4.39 Å². The van der Waals surface area contributed by atoms with E-state index in [0.29, 0.717) is 11.4 Å². The number of benzene rings is 1. The quantitative estimate of drug-likeness (QED) is 0.837. The van der Waals surface area contributed by atoms with Gasteiger partial charge in [0.1, 0.15) is 5.82 Å². The van der Waals surface area contributed by atoms with Crippen molar-refractivity contribution in [2.75, 3.05) is 0 Å². The van der Waals surface area contributed by atoms with Crippen molar-refractivity contribution in [2.24, 2.45) is 0 Å². The van der Waals surface area contributed by atoms with Gasteiger partial charge in [-0.2, -0.15) is 0 Å². The summed E-state index contributed by atoms with van der Waals surface area (Å²) in [5.41, 5.74) is 1.38. The number of aromatic nitrogens is 1. The Labute approximate surface area is 152 Å². The van der Waals surface area contributed by atoms with Crippen molar-refractivity contribution in [3.63, 3.8) is 0 Å². The van der Waals surface area contributed by atoms with Crippen LogP contribution in [0.3, 0.4) is 0 Å². The molecule has 1 aromatic heterocycles. The van der Waals surface area contributed by atoms with Crippen molar-refractivity contribution in [1.29, 1.82) is 0 Å². The predicted octanol–water partition coefficient (Wildman–Crippen LogP) is 4.95. The molecule has 0 unspecified atom stereocenters. The average molecular weight is 361 g/mol. The highest BCUT2D eigenvalue weighted by molar-refractivity contribution is 6.30. The molecular weight excluding hydrogens is 339 g/mol. The van der Waals surface area contributed by atoms with Gasteiger partial charge >= 0.3 is 0 Å². The second-order valence-corrected chi connectivity index (χ2v) is 7.10. The number of hydrogen-bond donors (Lipinski definition) is 1. The molecular formula is C20H22ClFN2O. The molecule has 3 nitrogen and oxygen atoms in total. The maximum Gasteiger partial charge on any atom is 0.220 e. The van der Waals surface area contributed by atoms with Gasteiger partial charge in [0, 0.05) is 17.6 Å². The molecule has 1 amide bonds. The third-order valence-corrected chi connectivity index (χ3v) is 5.43. The summed E-state index contributed by atoms with van der Waals surface area (Å²) in [6.45, 7) is 1.85. The molecule has 132 valence electrons. The summed E-state index contributed by atoms with van der Waals surface area (Å²) in [5, 5.41) is 3.89. The largest absolute Gasteiger partial charge is 0.347 e. The smallest absolute Gasteiger partial charge is 0.220 e. The number of nitrogens with zero attached hydrogens (tertiary/aromatic N) is 1. The van der Waals surface area contributed by atoms with E-state index in [1.807, 2.05) is 31.2 Å². The van der Waals surface area contributed by atoms with E-state index in [1.54, 1.807) is 12.3 Å². The number of halogens is 2. The fourth-order valence-corrected chi connectivity index (χ4v) is 3.87. The fraction of sp³-hybridized carbons (Fsp3) is 0.400. The molecule has 0 bridgehead atoms. The maximum atomic E-state index is 14.1. The lowest BCUT2D eigenvalue weighted by Gasteiger charge is -2.41. The Kier molecular flexibility index (Phi) is 5.38. The van der Waals surface area contributed by atoms with E-state index in [1.165, 1.54) is 6.20 Å². The lowest BCUT2D eigenvalue weighted by molar-refractivity contribution is -0.123. The van der Waals surface area contributed by atoms with Crippen molar-refractivity contribution >= 4 is 17.5 Å². The van der Waals surface area contributed by atoms with Gasteiger partial charge in [-0.1, -0.05) is 30.7 Å². The number of nitrogens with one attached hydrogen (secondary N) is 1. The molecule has 1 heterocycles. The zero-order valence-corrected chi connectivity index (χ0v) is 15.0. The van der Waals surface area contributed by atoms with Crippen molar-refractivity contribution in [2.45, 2.75) is 50.5 Å². The Bertz CT molecular complexity index is 740. The molecule has 1 aliphatic rings. The van der Waals surface area contributed by atoms with Crippen LogP contribution in [0, 0.1) is 5.82 Å². The lowest BCUT2D eigenvalue weighted by Crippen LogP contribution is -2.47. The molecule has 1 fully saturated rings. The van der Waals surface area contributed by atoms with E-state index >= 15 is 0 Å². The second-order valence-electron chi connectivity index (χ2n) is 6.66. The molecule has 0 saturated heterocycles. The minimum absolute atomic E-state index is 0.0310. The summed E-state index contributed by atoms with van der Waals surface area (Å²) in [5.74, 6) is -0.0606. The third-order valence-electron chi connectivity index (χ3n) is 5.18. The third kappa shape index (κ3) is 3.84. The van der Waals surface area contributed by atoms with E-state index in [4.69, 9.17) is 11.6 Å². The van der Waals surface area contributed by atoms with E-state index in [9.17, 15) is 9.18 Å². The van der Waals surface area contributed by atoms with Crippen LogP contribution in [-0.2, 0) is 10.3 Å². The summed E-state index contributed by atoms with van der Waals surface area (Å²) in [7, 11) is 0. The van der Waals surface area contributed by atoms with Gasteiger partial charge < -0.3 is 5.32 Å². The van der Waals surface area contributed by atoms with Gasteiger partial charge in [-0.15, -0.1) is 0 Å². The first kappa shape index (κ1) is 17.9. The normalized spacial score (nSPS) is 23.2.